The maximum absolute atomic E-state index is 13.4. The molecule has 5 heteroatoms. The molecule has 3 nitrogen and oxygen atoms in total. The molecule has 2 aromatic rings. The van der Waals surface area contributed by atoms with Crippen molar-refractivity contribution in [2.45, 2.75) is 20.0 Å². The van der Waals surface area contributed by atoms with Gasteiger partial charge < -0.3 is 9.88 Å². The van der Waals surface area contributed by atoms with Crippen LogP contribution in [0.1, 0.15) is 12.6 Å². The highest BCUT2D eigenvalue weighted by atomic mass is 35.5. The van der Waals surface area contributed by atoms with E-state index in [-0.39, 0.29) is 5.82 Å². The standard InChI is InChI=1S/C12H13ClFN3/c1-2-17-8-15-6-10(17)7-16-12-5-9(13)3-4-11(12)14/h3-6,8,16H,2,7H2,1H3. The average molecular weight is 254 g/mol. The molecule has 90 valence electrons. The van der Waals surface area contributed by atoms with Crippen LogP contribution in [0.3, 0.4) is 0 Å². The Labute approximate surface area is 104 Å². The number of hydrogen-bond donors (Lipinski definition) is 1. The molecule has 2 rings (SSSR count). The lowest BCUT2D eigenvalue weighted by Crippen LogP contribution is -2.06. The van der Waals surface area contributed by atoms with E-state index < -0.39 is 0 Å². The van der Waals surface area contributed by atoms with Crippen LogP contribution >= 0.6 is 11.6 Å². The fourth-order valence-corrected chi connectivity index (χ4v) is 1.77. The summed E-state index contributed by atoms with van der Waals surface area (Å²) in [7, 11) is 0. The van der Waals surface area contributed by atoms with Gasteiger partial charge in [0, 0.05) is 17.8 Å². The van der Waals surface area contributed by atoms with E-state index in [0.29, 0.717) is 17.3 Å². The number of aryl methyl sites for hydroxylation is 1. The summed E-state index contributed by atoms with van der Waals surface area (Å²) < 4.78 is 15.4. The Bertz CT molecular complexity index is 510. The lowest BCUT2D eigenvalue weighted by molar-refractivity contribution is 0.629. The molecule has 0 saturated carbocycles. The SMILES string of the molecule is CCn1cncc1CNc1cc(Cl)ccc1F. The van der Waals surface area contributed by atoms with Gasteiger partial charge in [0.15, 0.2) is 0 Å². The minimum atomic E-state index is -0.308. The molecule has 0 radical (unpaired) electrons. The minimum absolute atomic E-state index is 0.308. The van der Waals surface area contributed by atoms with Gasteiger partial charge in [-0.15, -0.1) is 0 Å². The number of rotatable bonds is 4. The summed E-state index contributed by atoms with van der Waals surface area (Å²) in [6, 6.07) is 4.45. The van der Waals surface area contributed by atoms with Gasteiger partial charge >= 0.3 is 0 Å². The van der Waals surface area contributed by atoms with Crippen LogP contribution in [0.5, 0.6) is 0 Å². The fraction of sp³-hybridized carbons (Fsp3) is 0.250. The zero-order valence-electron chi connectivity index (χ0n) is 9.45. The van der Waals surface area contributed by atoms with Gasteiger partial charge in [0.1, 0.15) is 5.82 Å². The van der Waals surface area contributed by atoms with Crippen LogP contribution in [0.25, 0.3) is 0 Å². The van der Waals surface area contributed by atoms with Crippen molar-refractivity contribution in [1.29, 1.82) is 0 Å². The number of halogens is 2. The Balaban J connectivity index is 2.09. The van der Waals surface area contributed by atoms with Crippen molar-refractivity contribution in [3.63, 3.8) is 0 Å². The van der Waals surface area contributed by atoms with Crippen LogP contribution in [-0.2, 0) is 13.1 Å². The van der Waals surface area contributed by atoms with Crippen LogP contribution in [0.15, 0.2) is 30.7 Å². The van der Waals surface area contributed by atoms with E-state index in [1.807, 2.05) is 11.5 Å². The van der Waals surface area contributed by atoms with E-state index in [0.717, 1.165) is 12.2 Å². The Morgan fingerprint density at radius 3 is 3.06 bits per heavy atom. The van der Waals surface area contributed by atoms with Crippen molar-refractivity contribution in [3.8, 4) is 0 Å². The molecule has 0 aliphatic heterocycles. The van der Waals surface area contributed by atoms with E-state index in [1.165, 1.54) is 12.1 Å². The van der Waals surface area contributed by atoms with Gasteiger partial charge in [0.25, 0.3) is 0 Å². The normalized spacial score (nSPS) is 10.5. The van der Waals surface area contributed by atoms with Crippen LogP contribution < -0.4 is 5.32 Å². The molecule has 1 N–H and O–H groups in total. The molecule has 0 bridgehead atoms. The molecule has 1 aromatic carbocycles. The van der Waals surface area contributed by atoms with Gasteiger partial charge in [-0.05, 0) is 25.1 Å². The summed E-state index contributed by atoms with van der Waals surface area (Å²) in [5.74, 6) is -0.308. The number of nitrogens with zero attached hydrogens (tertiary/aromatic N) is 2. The molecule has 0 spiro atoms. The Kier molecular flexibility index (Phi) is 3.64. The largest absolute Gasteiger partial charge is 0.377 e. The predicted molar refractivity (Wildman–Crippen MR) is 66.6 cm³/mol. The van der Waals surface area contributed by atoms with Gasteiger partial charge in [-0.2, -0.15) is 0 Å². The van der Waals surface area contributed by atoms with Crippen LogP contribution in [0.2, 0.25) is 5.02 Å². The summed E-state index contributed by atoms with van der Waals surface area (Å²) in [6.45, 7) is 3.39. The molecule has 0 aliphatic carbocycles. The Morgan fingerprint density at radius 2 is 2.29 bits per heavy atom. The van der Waals surface area contributed by atoms with Crippen molar-refractivity contribution in [3.05, 3.63) is 47.3 Å². The zero-order chi connectivity index (χ0) is 12.3. The number of aromatic nitrogens is 2. The van der Waals surface area contributed by atoms with Crippen LogP contribution in [-0.4, -0.2) is 9.55 Å². The molecule has 1 aromatic heterocycles. The third-order valence-corrected chi connectivity index (χ3v) is 2.76. The van der Waals surface area contributed by atoms with Gasteiger partial charge in [-0.1, -0.05) is 11.6 Å². The predicted octanol–water partition coefficient (Wildman–Crippen LogP) is 3.31. The number of nitrogens with one attached hydrogen (secondary N) is 1. The van der Waals surface area contributed by atoms with Crippen LogP contribution in [0.4, 0.5) is 10.1 Å². The first kappa shape index (κ1) is 11.9. The van der Waals surface area contributed by atoms with E-state index in [9.17, 15) is 4.39 Å². The van der Waals surface area contributed by atoms with Crippen molar-refractivity contribution in [2.75, 3.05) is 5.32 Å². The molecule has 0 unspecified atom stereocenters. The Morgan fingerprint density at radius 1 is 1.47 bits per heavy atom. The minimum Gasteiger partial charge on any atom is -0.377 e. The van der Waals surface area contributed by atoms with E-state index >= 15 is 0 Å². The highest BCUT2D eigenvalue weighted by Crippen LogP contribution is 2.20. The van der Waals surface area contributed by atoms with Gasteiger partial charge in [0.05, 0.1) is 24.3 Å². The van der Waals surface area contributed by atoms with E-state index in [1.54, 1.807) is 18.6 Å². The molecule has 1 heterocycles. The van der Waals surface area contributed by atoms with Crippen molar-refractivity contribution >= 4 is 17.3 Å². The summed E-state index contributed by atoms with van der Waals surface area (Å²) in [5, 5.41) is 3.52. The monoisotopic (exact) mass is 253 g/mol. The van der Waals surface area contributed by atoms with E-state index in [4.69, 9.17) is 11.6 Å². The van der Waals surface area contributed by atoms with Gasteiger partial charge in [-0.3, -0.25) is 0 Å². The highest BCUT2D eigenvalue weighted by molar-refractivity contribution is 6.30. The first-order chi connectivity index (χ1) is 8.20. The third kappa shape index (κ3) is 2.77. The lowest BCUT2D eigenvalue weighted by atomic mass is 10.3. The highest BCUT2D eigenvalue weighted by Gasteiger charge is 2.04. The molecule has 0 atom stereocenters. The third-order valence-electron chi connectivity index (χ3n) is 2.53. The second kappa shape index (κ2) is 5.19. The molecule has 0 aliphatic rings. The van der Waals surface area contributed by atoms with Crippen LogP contribution in [0, 0.1) is 5.82 Å². The zero-order valence-corrected chi connectivity index (χ0v) is 10.2. The first-order valence-corrected chi connectivity index (χ1v) is 5.76. The van der Waals surface area contributed by atoms with E-state index in [2.05, 4.69) is 10.3 Å². The molecule has 0 amide bonds. The molecule has 0 fully saturated rings. The second-order valence-corrected chi connectivity index (χ2v) is 4.09. The summed E-state index contributed by atoms with van der Waals surface area (Å²) in [5.41, 5.74) is 1.41. The van der Waals surface area contributed by atoms with Crippen molar-refractivity contribution in [2.24, 2.45) is 0 Å². The Hall–Kier alpha value is -1.55. The molecular formula is C12H13ClFN3. The van der Waals surface area contributed by atoms with Crippen molar-refractivity contribution < 1.29 is 4.39 Å². The summed E-state index contributed by atoms with van der Waals surface area (Å²) >= 11 is 5.81. The molecule has 0 saturated heterocycles. The molecule has 17 heavy (non-hydrogen) atoms. The fourth-order valence-electron chi connectivity index (χ4n) is 1.60. The number of benzene rings is 1. The molecular weight excluding hydrogens is 241 g/mol. The quantitative estimate of drug-likeness (QED) is 0.906. The van der Waals surface area contributed by atoms with Crippen molar-refractivity contribution in [1.82, 2.24) is 9.55 Å². The summed E-state index contributed by atoms with van der Waals surface area (Å²) in [4.78, 5) is 4.05. The second-order valence-electron chi connectivity index (χ2n) is 3.65. The maximum Gasteiger partial charge on any atom is 0.146 e. The van der Waals surface area contributed by atoms with Gasteiger partial charge in [0.2, 0.25) is 0 Å². The number of hydrogen-bond acceptors (Lipinski definition) is 2. The van der Waals surface area contributed by atoms with Gasteiger partial charge in [-0.25, -0.2) is 9.37 Å². The topological polar surface area (TPSA) is 29.9 Å². The number of anilines is 1. The first-order valence-electron chi connectivity index (χ1n) is 5.38. The summed E-state index contributed by atoms with van der Waals surface area (Å²) in [6.07, 6.45) is 3.52. The lowest BCUT2D eigenvalue weighted by Gasteiger charge is -2.09. The smallest absolute Gasteiger partial charge is 0.146 e. The number of imidazole rings is 1. The average Bonchev–Trinajstić information content (AvgIpc) is 2.77. The maximum atomic E-state index is 13.4.